The van der Waals surface area contributed by atoms with Crippen LogP contribution in [0.1, 0.15) is 42.8 Å². The summed E-state index contributed by atoms with van der Waals surface area (Å²) in [6.45, 7) is 7.58. The highest BCUT2D eigenvalue weighted by atomic mass is 16.6. The van der Waals surface area contributed by atoms with Gasteiger partial charge in [0.25, 0.3) is 11.8 Å². The molecule has 0 aromatic heterocycles. The Labute approximate surface area is 200 Å². The third-order valence-electron chi connectivity index (χ3n) is 5.52. The summed E-state index contributed by atoms with van der Waals surface area (Å²) < 4.78 is 16.7. The number of nitrogens with zero attached hydrogens (tertiary/aromatic N) is 1. The average molecular weight is 469 g/mol. The molecule has 0 saturated carbocycles. The predicted molar refractivity (Wildman–Crippen MR) is 126 cm³/mol. The van der Waals surface area contributed by atoms with Crippen LogP contribution in [0.25, 0.3) is 0 Å². The van der Waals surface area contributed by atoms with E-state index in [1.165, 1.54) is 0 Å². The van der Waals surface area contributed by atoms with Crippen LogP contribution < -0.4 is 10.1 Å². The Bertz CT molecular complexity index is 972. The second-order valence-electron chi connectivity index (χ2n) is 8.29. The molecular weight excluding hydrogens is 436 g/mol. The van der Waals surface area contributed by atoms with Gasteiger partial charge in [0.2, 0.25) is 6.10 Å². The Kier molecular flexibility index (Phi) is 9.04. The number of rotatable bonds is 9. The summed E-state index contributed by atoms with van der Waals surface area (Å²) in [6, 6.07) is 14.8. The number of carbonyl (C=O) groups excluding carboxylic acids is 3. The molecule has 2 atom stereocenters. The molecule has 2 aromatic rings. The van der Waals surface area contributed by atoms with Gasteiger partial charge >= 0.3 is 5.97 Å². The van der Waals surface area contributed by atoms with Crippen molar-refractivity contribution in [2.45, 2.75) is 32.9 Å². The minimum atomic E-state index is -1.11. The largest absolute Gasteiger partial charge is 0.493 e. The Hall–Kier alpha value is -3.39. The van der Waals surface area contributed by atoms with Gasteiger partial charge in [-0.25, -0.2) is 4.79 Å². The predicted octanol–water partition coefficient (Wildman–Crippen LogP) is 2.98. The summed E-state index contributed by atoms with van der Waals surface area (Å²) in [6.07, 6.45) is -1.11. The van der Waals surface area contributed by atoms with E-state index in [-0.39, 0.29) is 11.8 Å². The zero-order valence-electron chi connectivity index (χ0n) is 19.9. The number of carbonyl (C=O) groups is 3. The molecule has 0 aliphatic carbocycles. The number of nitrogens with one attached hydrogen (secondary N) is 1. The van der Waals surface area contributed by atoms with Crippen LogP contribution in [0.4, 0.5) is 0 Å². The number of hydrogen-bond acceptors (Lipinski definition) is 6. The van der Waals surface area contributed by atoms with Crippen LogP contribution in [0.3, 0.4) is 0 Å². The number of para-hydroxylation sites is 1. The first-order chi connectivity index (χ1) is 16.4. The summed E-state index contributed by atoms with van der Waals surface area (Å²) in [7, 11) is 0. The molecule has 1 heterocycles. The molecule has 1 aliphatic heterocycles. The highest BCUT2D eigenvalue weighted by Gasteiger charge is 2.34. The fraction of sp³-hybridized carbons (Fsp3) is 0.423. The van der Waals surface area contributed by atoms with E-state index < -0.39 is 24.0 Å². The van der Waals surface area contributed by atoms with Gasteiger partial charge in [-0.05, 0) is 25.0 Å². The molecule has 8 nitrogen and oxygen atoms in total. The van der Waals surface area contributed by atoms with Crippen molar-refractivity contribution in [1.29, 1.82) is 0 Å². The van der Waals surface area contributed by atoms with E-state index in [1.807, 2.05) is 26.8 Å². The topological polar surface area (TPSA) is 94.2 Å². The van der Waals surface area contributed by atoms with Crippen LogP contribution in [0.15, 0.2) is 54.6 Å². The van der Waals surface area contributed by atoms with Crippen molar-refractivity contribution in [3.63, 3.8) is 0 Å². The van der Waals surface area contributed by atoms with E-state index in [0.29, 0.717) is 49.8 Å². The second kappa shape index (κ2) is 12.2. The molecule has 1 saturated heterocycles. The second-order valence-corrected chi connectivity index (χ2v) is 8.29. The molecular formula is C26H32N2O6. The van der Waals surface area contributed by atoms with Crippen LogP contribution in [-0.2, 0) is 19.1 Å². The molecule has 0 bridgehead atoms. The van der Waals surface area contributed by atoms with Crippen molar-refractivity contribution in [3.05, 3.63) is 65.7 Å². The van der Waals surface area contributed by atoms with Gasteiger partial charge in [0, 0.05) is 18.7 Å². The van der Waals surface area contributed by atoms with E-state index in [0.717, 1.165) is 0 Å². The number of hydrogen-bond donors (Lipinski definition) is 1. The molecule has 1 aliphatic rings. The molecule has 0 radical (unpaired) electrons. The lowest BCUT2D eigenvalue weighted by Crippen LogP contribution is -2.48. The van der Waals surface area contributed by atoms with E-state index in [2.05, 4.69) is 5.32 Å². The standard InChI is InChI=1S/C26H32N2O6/c1-4-33-21-13-9-8-12-20(21)24(29)27-22(18(2)3)26(31)34-23(19-10-6-5-7-11-19)25(30)28-14-16-32-17-15-28/h5-13,18,22-23H,4,14-17H2,1-3H3,(H,27,29)/t22-,23?/m0/s1. The smallest absolute Gasteiger partial charge is 0.330 e. The van der Waals surface area contributed by atoms with Crippen LogP contribution in [0, 0.1) is 5.92 Å². The van der Waals surface area contributed by atoms with E-state index in [4.69, 9.17) is 14.2 Å². The molecule has 2 aromatic carbocycles. The third kappa shape index (κ3) is 6.35. The first kappa shape index (κ1) is 25.2. The Morgan fingerprint density at radius 2 is 1.65 bits per heavy atom. The first-order valence-corrected chi connectivity index (χ1v) is 11.6. The fourth-order valence-corrected chi connectivity index (χ4v) is 3.68. The summed E-state index contributed by atoms with van der Waals surface area (Å²) in [5, 5.41) is 2.77. The molecule has 2 amide bonds. The number of ether oxygens (including phenoxy) is 3. The van der Waals surface area contributed by atoms with Gasteiger partial charge in [-0.2, -0.15) is 0 Å². The van der Waals surface area contributed by atoms with Crippen molar-refractivity contribution in [2.75, 3.05) is 32.9 Å². The van der Waals surface area contributed by atoms with Crippen molar-refractivity contribution in [2.24, 2.45) is 5.92 Å². The van der Waals surface area contributed by atoms with Crippen molar-refractivity contribution >= 4 is 17.8 Å². The molecule has 3 rings (SSSR count). The molecule has 1 N–H and O–H groups in total. The van der Waals surface area contributed by atoms with Crippen molar-refractivity contribution in [3.8, 4) is 5.75 Å². The third-order valence-corrected chi connectivity index (χ3v) is 5.52. The maximum Gasteiger partial charge on any atom is 0.330 e. The first-order valence-electron chi connectivity index (χ1n) is 11.6. The van der Waals surface area contributed by atoms with Gasteiger partial charge in [0.15, 0.2) is 0 Å². The summed E-state index contributed by atoms with van der Waals surface area (Å²) >= 11 is 0. The highest BCUT2D eigenvalue weighted by Crippen LogP contribution is 2.23. The fourth-order valence-electron chi connectivity index (χ4n) is 3.68. The van der Waals surface area contributed by atoms with Gasteiger partial charge in [-0.3, -0.25) is 9.59 Å². The lowest BCUT2D eigenvalue weighted by atomic mass is 10.0. The van der Waals surface area contributed by atoms with E-state index in [9.17, 15) is 14.4 Å². The molecule has 1 unspecified atom stereocenters. The van der Waals surface area contributed by atoms with Crippen LogP contribution >= 0.6 is 0 Å². The molecule has 1 fully saturated rings. The summed E-state index contributed by atoms with van der Waals surface area (Å²) in [5.41, 5.74) is 0.898. The zero-order chi connectivity index (χ0) is 24.5. The maximum atomic E-state index is 13.3. The van der Waals surface area contributed by atoms with Gasteiger partial charge in [-0.1, -0.05) is 56.3 Å². The Morgan fingerprint density at radius 1 is 1.00 bits per heavy atom. The van der Waals surface area contributed by atoms with E-state index >= 15 is 0 Å². The summed E-state index contributed by atoms with van der Waals surface area (Å²) in [5.74, 6) is -1.27. The minimum Gasteiger partial charge on any atom is -0.493 e. The maximum absolute atomic E-state index is 13.3. The van der Waals surface area contributed by atoms with Crippen molar-refractivity contribution < 1.29 is 28.6 Å². The van der Waals surface area contributed by atoms with Gasteiger partial charge in [-0.15, -0.1) is 0 Å². The average Bonchev–Trinajstić information content (AvgIpc) is 2.86. The van der Waals surface area contributed by atoms with Gasteiger partial charge in [0.1, 0.15) is 11.8 Å². The quantitative estimate of drug-likeness (QED) is 0.569. The summed E-state index contributed by atoms with van der Waals surface area (Å²) in [4.78, 5) is 41.2. The number of morpholine rings is 1. The normalized spacial score (nSPS) is 15.4. The monoisotopic (exact) mass is 468 g/mol. The SMILES string of the molecule is CCOc1ccccc1C(=O)N[C@H](C(=O)OC(C(=O)N1CCOCC1)c1ccccc1)C(C)C. The van der Waals surface area contributed by atoms with Gasteiger partial charge in [0.05, 0.1) is 25.4 Å². The number of benzene rings is 2. The van der Waals surface area contributed by atoms with Crippen LogP contribution in [0.5, 0.6) is 5.75 Å². The van der Waals surface area contributed by atoms with Gasteiger partial charge < -0.3 is 24.4 Å². The molecule has 34 heavy (non-hydrogen) atoms. The highest BCUT2D eigenvalue weighted by molar-refractivity contribution is 5.99. The number of amides is 2. The Balaban J connectivity index is 1.80. The molecule has 182 valence electrons. The molecule has 8 heteroatoms. The number of esters is 1. The molecule has 0 spiro atoms. The zero-order valence-corrected chi connectivity index (χ0v) is 19.9. The minimum absolute atomic E-state index is 0.273. The lowest BCUT2D eigenvalue weighted by molar-refractivity contribution is -0.165. The van der Waals surface area contributed by atoms with Crippen LogP contribution in [0.2, 0.25) is 0 Å². The lowest BCUT2D eigenvalue weighted by Gasteiger charge is -2.31. The van der Waals surface area contributed by atoms with Crippen molar-refractivity contribution in [1.82, 2.24) is 10.2 Å². The van der Waals surface area contributed by atoms with E-state index in [1.54, 1.807) is 53.4 Å². The van der Waals surface area contributed by atoms with Crippen LogP contribution in [-0.4, -0.2) is 61.6 Å². The Morgan fingerprint density at radius 3 is 2.29 bits per heavy atom.